The second kappa shape index (κ2) is 6.39. The Morgan fingerprint density at radius 3 is 2.86 bits per heavy atom. The van der Waals surface area contributed by atoms with Crippen molar-refractivity contribution < 1.29 is 0 Å². The van der Waals surface area contributed by atoms with Crippen LogP contribution in [0.15, 0.2) is 35.7 Å². The lowest BCUT2D eigenvalue weighted by atomic mass is 10.1. The van der Waals surface area contributed by atoms with Gasteiger partial charge in [0.2, 0.25) is 0 Å². The Morgan fingerprint density at radius 1 is 1.38 bits per heavy atom. The van der Waals surface area contributed by atoms with Gasteiger partial charge in [-0.05, 0) is 55.0 Å². The van der Waals surface area contributed by atoms with Crippen molar-refractivity contribution in [3.05, 3.63) is 51.2 Å². The van der Waals surface area contributed by atoms with Gasteiger partial charge in [0.15, 0.2) is 0 Å². The topological polar surface area (TPSA) is 15.3 Å². The number of anilines is 1. The van der Waals surface area contributed by atoms with Gasteiger partial charge in [-0.3, -0.25) is 0 Å². The molecule has 2 nitrogen and oxygen atoms in total. The zero-order valence-corrected chi connectivity index (χ0v) is 14.0. The largest absolute Gasteiger partial charge is 0.367 e. The summed E-state index contributed by atoms with van der Waals surface area (Å²) in [6.45, 7) is 3.14. The minimum absolute atomic E-state index is 0.367. The molecule has 1 unspecified atom stereocenters. The van der Waals surface area contributed by atoms with Gasteiger partial charge in [0.05, 0.1) is 6.04 Å². The lowest BCUT2D eigenvalue weighted by molar-refractivity contribution is 0.679. The van der Waals surface area contributed by atoms with E-state index in [1.54, 1.807) is 0 Å². The lowest BCUT2D eigenvalue weighted by Gasteiger charge is -2.28. The maximum atomic E-state index is 6.19. The Bertz CT molecular complexity index is 593. The molecule has 0 saturated heterocycles. The van der Waals surface area contributed by atoms with Crippen molar-refractivity contribution in [2.75, 3.05) is 11.9 Å². The zero-order chi connectivity index (χ0) is 14.8. The maximum Gasteiger partial charge on any atom is 0.0603 e. The van der Waals surface area contributed by atoms with E-state index in [4.69, 9.17) is 11.6 Å². The molecule has 1 fully saturated rings. The van der Waals surface area contributed by atoms with Crippen LogP contribution in [0.25, 0.3) is 0 Å². The molecule has 1 aliphatic rings. The molecule has 1 aromatic carbocycles. The highest BCUT2D eigenvalue weighted by molar-refractivity contribution is 7.10. The smallest absolute Gasteiger partial charge is 0.0603 e. The summed E-state index contributed by atoms with van der Waals surface area (Å²) in [5, 5.41) is 6.53. The highest BCUT2D eigenvalue weighted by Crippen LogP contribution is 2.32. The summed E-state index contributed by atoms with van der Waals surface area (Å²) < 4.78 is 0. The second-order valence-corrected chi connectivity index (χ2v) is 7.15. The predicted octanol–water partition coefficient (Wildman–Crippen LogP) is 4.85. The van der Waals surface area contributed by atoms with E-state index < -0.39 is 0 Å². The molecule has 2 aromatic rings. The van der Waals surface area contributed by atoms with Crippen LogP contribution in [0.5, 0.6) is 0 Å². The minimum atomic E-state index is 0.367. The molecule has 112 valence electrons. The summed E-state index contributed by atoms with van der Waals surface area (Å²) in [5.74, 6) is 0. The molecule has 1 saturated carbocycles. The molecule has 0 spiro atoms. The third-order valence-electron chi connectivity index (χ3n) is 4.12. The van der Waals surface area contributed by atoms with E-state index in [1.165, 1.54) is 29.0 Å². The fourth-order valence-corrected chi connectivity index (χ4v) is 3.53. The fraction of sp³-hybridized carbons (Fsp3) is 0.412. The lowest BCUT2D eigenvalue weighted by Crippen LogP contribution is -2.24. The minimum Gasteiger partial charge on any atom is -0.367 e. The van der Waals surface area contributed by atoms with Crippen molar-refractivity contribution in [1.82, 2.24) is 5.32 Å². The van der Waals surface area contributed by atoms with Crippen LogP contribution in [0.1, 0.15) is 36.2 Å². The summed E-state index contributed by atoms with van der Waals surface area (Å²) in [4.78, 5) is 3.72. The number of halogens is 1. The summed E-state index contributed by atoms with van der Waals surface area (Å²) in [7, 11) is 2.16. The van der Waals surface area contributed by atoms with Gasteiger partial charge in [0.25, 0.3) is 0 Å². The van der Waals surface area contributed by atoms with Gasteiger partial charge < -0.3 is 10.2 Å². The third kappa shape index (κ3) is 3.60. The first-order chi connectivity index (χ1) is 10.1. The quantitative estimate of drug-likeness (QED) is 0.818. The molecule has 21 heavy (non-hydrogen) atoms. The number of nitrogens with zero attached hydrogens (tertiary/aromatic N) is 1. The van der Waals surface area contributed by atoms with Crippen LogP contribution in [0, 0.1) is 0 Å². The van der Waals surface area contributed by atoms with Crippen molar-refractivity contribution in [1.29, 1.82) is 0 Å². The fourth-order valence-electron chi connectivity index (χ4n) is 2.51. The summed E-state index contributed by atoms with van der Waals surface area (Å²) >= 11 is 8.00. The monoisotopic (exact) mass is 320 g/mol. The van der Waals surface area contributed by atoms with Crippen molar-refractivity contribution in [3.63, 3.8) is 0 Å². The van der Waals surface area contributed by atoms with E-state index in [0.717, 1.165) is 11.6 Å². The molecule has 1 aromatic heterocycles. The first-order valence-corrected chi connectivity index (χ1v) is 8.69. The van der Waals surface area contributed by atoms with Crippen LogP contribution in [-0.2, 0) is 6.54 Å². The second-order valence-electron chi connectivity index (χ2n) is 5.73. The Labute approximate surface area is 135 Å². The van der Waals surface area contributed by atoms with Gasteiger partial charge in [-0.1, -0.05) is 17.7 Å². The van der Waals surface area contributed by atoms with E-state index in [2.05, 4.69) is 53.8 Å². The molecule has 1 N–H and O–H groups in total. The normalized spacial score (nSPS) is 16.0. The number of hydrogen-bond acceptors (Lipinski definition) is 3. The van der Waals surface area contributed by atoms with Crippen molar-refractivity contribution in [2.45, 2.75) is 38.4 Å². The summed E-state index contributed by atoms with van der Waals surface area (Å²) in [6, 6.07) is 11.6. The Morgan fingerprint density at radius 2 is 2.19 bits per heavy atom. The highest BCUT2D eigenvalue weighted by Gasteiger charge is 2.22. The molecule has 0 radical (unpaired) electrons. The average Bonchev–Trinajstić information content (AvgIpc) is 3.15. The van der Waals surface area contributed by atoms with Gasteiger partial charge in [0, 0.05) is 35.2 Å². The average molecular weight is 321 g/mol. The molecule has 1 aliphatic carbocycles. The van der Waals surface area contributed by atoms with Crippen LogP contribution < -0.4 is 10.2 Å². The number of nitrogens with one attached hydrogen (secondary N) is 1. The van der Waals surface area contributed by atoms with E-state index in [-0.39, 0.29) is 0 Å². The highest BCUT2D eigenvalue weighted by atomic mass is 35.5. The van der Waals surface area contributed by atoms with Crippen LogP contribution in [0.2, 0.25) is 5.02 Å². The number of benzene rings is 1. The Kier molecular flexibility index (Phi) is 4.53. The molecule has 0 aliphatic heterocycles. The van der Waals surface area contributed by atoms with Crippen LogP contribution in [0.4, 0.5) is 5.69 Å². The van der Waals surface area contributed by atoms with E-state index in [0.29, 0.717) is 12.1 Å². The standard InChI is InChI=1S/C17H21ClN2S/c1-12(17-4-3-9-21-17)20(2)16-8-5-14(18)10-13(16)11-19-15-6-7-15/h3-5,8-10,12,15,19H,6-7,11H2,1-2H3. The van der Waals surface area contributed by atoms with E-state index >= 15 is 0 Å². The predicted molar refractivity (Wildman–Crippen MR) is 92.5 cm³/mol. The SMILES string of the molecule is CC(c1cccs1)N(C)c1ccc(Cl)cc1CNC1CC1. The van der Waals surface area contributed by atoms with Crippen molar-refractivity contribution >= 4 is 28.6 Å². The number of hydrogen-bond donors (Lipinski definition) is 1. The first kappa shape index (κ1) is 14.9. The number of rotatable bonds is 6. The van der Waals surface area contributed by atoms with E-state index in [9.17, 15) is 0 Å². The molecule has 0 amide bonds. The van der Waals surface area contributed by atoms with Gasteiger partial charge in [-0.25, -0.2) is 0 Å². The van der Waals surface area contributed by atoms with Gasteiger partial charge >= 0.3 is 0 Å². The molecular formula is C17H21ClN2S. The van der Waals surface area contributed by atoms with Gasteiger partial charge in [0.1, 0.15) is 0 Å². The van der Waals surface area contributed by atoms with E-state index in [1.807, 2.05) is 17.4 Å². The van der Waals surface area contributed by atoms with Crippen LogP contribution in [0.3, 0.4) is 0 Å². The Balaban J connectivity index is 1.81. The summed E-state index contributed by atoms with van der Waals surface area (Å²) in [5.41, 5.74) is 2.54. The molecule has 1 heterocycles. The van der Waals surface area contributed by atoms with Crippen LogP contribution in [-0.4, -0.2) is 13.1 Å². The van der Waals surface area contributed by atoms with Crippen molar-refractivity contribution in [2.24, 2.45) is 0 Å². The first-order valence-electron chi connectivity index (χ1n) is 7.43. The van der Waals surface area contributed by atoms with Gasteiger partial charge in [-0.15, -0.1) is 11.3 Å². The molecular weight excluding hydrogens is 300 g/mol. The molecule has 0 bridgehead atoms. The maximum absolute atomic E-state index is 6.19. The summed E-state index contributed by atoms with van der Waals surface area (Å²) in [6.07, 6.45) is 2.61. The number of thiophene rings is 1. The van der Waals surface area contributed by atoms with Crippen LogP contribution >= 0.6 is 22.9 Å². The third-order valence-corrected chi connectivity index (χ3v) is 5.39. The molecule has 3 rings (SSSR count). The molecule has 1 atom stereocenters. The Hall–Kier alpha value is -1.03. The van der Waals surface area contributed by atoms with Gasteiger partial charge in [-0.2, -0.15) is 0 Å². The molecule has 4 heteroatoms. The van der Waals surface area contributed by atoms with Crippen molar-refractivity contribution in [3.8, 4) is 0 Å². The zero-order valence-electron chi connectivity index (χ0n) is 12.5.